The number of hydrogen-bond acceptors (Lipinski definition) is 0. The van der Waals surface area contributed by atoms with E-state index in [1.54, 1.807) is 0 Å². The smallest absolute Gasteiger partial charge is 0.174 e. The van der Waals surface area contributed by atoms with Gasteiger partial charge in [-0.05, 0) is 12.1 Å². The van der Waals surface area contributed by atoms with E-state index in [1.807, 2.05) is 12.1 Å². The van der Waals surface area contributed by atoms with Gasteiger partial charge in [0.05, 0.1) is 0 Å². The van der Waals surface area contributed by atoms with Crippen molar-refractivity contribution >= 4 is 52.6 Å². The SMILES string of the molecule is Br.CC[CH2][Mg][c]1ccc(Cl)cc1. The first-order valence-electron chi connectivity index (χ1n) is 4.07. The third-order valence-electron chi connectivity index (χ3n) is 1.73. The fourth-order valence-electron chi connectivity index (χ4n) is 1.03. The van der Waals surface area contributed by atoms with Crippen LogP contribution in [-0.4, -0.2) is 20.4 Å². The number of halogens is 2. The van der Waals surface area contributed by atoms with Crippen LogP contribution in [0.2, 0.25) is 9.57 Å². The van der Waals surface area contributed by atoms with Gasteiger partial charge >= 0.3 is 20.4 Å². The highest BCUT2D eigenvalue weighted by atomic mass is 79.9. The predicted octanol–water partition coefficient (Wildman–Crippen LogP) is 3.08. The van der Waals surface area contributed by atoms with Crippen LogP contribution in [0, 0.1) is 0 Å². The molecule has 0 heterocycles. The first kappa shape index (κ1) is 12.8. The molecule has 0 N–H and O–H groups in total. The number of hydrogen-bond donors (Lipinski definition) is 0. The van der Waals surface area contributed by atoms with E-state index in [0.29, 0.717) is 0 Å². The van der Waals surface area contributed by atoms with E-state index in [2.05, 4.69) is 19.1 Å². The predicted molar refractivity (Wildman–Crippen MR) is 62.3 cm³/mol. The first-order chi connectivity index (χ1) is 5.33. The van der Waals surface area contributed by atoms with Crippen LogP contribution in [0.1, 0.15) is 13.3 Å². The fourth-order valence-corrected chi connectivity index (χ4v) is 2.49. The zero-order chi connectivity index (χ0) is 8.10. The van der Waals surface area contributed by atoms with Crippen LogP contribution in [0.5, 0.6) is 0 Å². The second-order valence-corrected chi connectivity index (χ2v) is 5.19. The summed E-state index contributed by atoms with van der Waals surface area (Å²) in [5, 5.41) is 0.847. The van der Waals surface area contributed by atoms with Gasteiger partial charge in [-0.15, -0.1) is 21.5 Å². The summed E-state index contributed by atoms with van der Waals surface area (Å²) < 4.78 is 2.93. The van der Waals surface area contributed by atoms with Crippen molar-refractivity contribution in [3.63, 3.8) is 0 Å². The standard InChI is InChI=1S/C6H4Cl.C3H7.BrH.Mg/c7-6-4-2-1-3-5-6;1-3-2;;/h2-5H;1,3H2,2H3;1H;. The highest BCUT2D eigenvalue weighted by Gasteiger charge is 1.96. The van der Waals surface area contributed by atoms with E-state index < -0.39 is 0 Å². The molecule has 0 radical (unpaired) electrons. The van der Waals surface area contributed by atoms with Gasteiger partial charge in [0.25, 0.3) is 0 Å². The van der Waals surface area contributed by atoms with Crippen LogP contribution in [-0.2, 0) is 0 Å². The van der Waals surface area contributed by atoms with Crippen molar-refractivity contribution in [3.8, 4) is 0 Å². The molecule has 0 aliphatic carbocycles. The molecule has 0 spiro atoms. The van der Waals surface area contributed by atoms with Gasteiger partial charge in [0.1, 0.15) is 0 Å². The summed E-state index contributed by atoms with van der Waals surface area (Å²) in [6.45, 7) is 2.24. The number of rotatable bonds is 3. The topological polar surface area (TPSA) is 0 Å². The second-order valence-electron chi connectivity index (χ2n) is 2.73. The Morgan fingerprint density at radius 1 is 1.25 bits per heavy atom. The molecular formula is C9H12BrClMg. The van der Waals surface area contributed by atoms with Crippen molar-refractivity contribution in [2.45, 2.75) is 17.9 Å². The molecule has 1 aromatic rings. The summed E-state index contributed by atoms with van der Waals surface area (Å²) in [5.74, 6) is 0. The Morgan fingerprint density at radius 3 is 2.33 bits per heavy atom. The zero-order valence-electron chi connectivity index (χ0n) is 7.22. The number of benzene rings is 1. The van der Waals surface area contributed by atoms with E-state index in [0.717, 1.165) is 5.02 Å². The van der Waals surface area contributed by atoms with Crippen molar-refractivity contribution in [2.75, 3.05) is 0 Å². The van der Waals surface area contributed by atoms with E-state index >= 15 is 0 Å². The highest BCUT2D eigenvalue weighted by molar-refractivity contribution is 8.93. The molecule has 0 aliphatic heterocycles. The van der Waals surface area contributed by atoms with E-state index in [4.69, 9.17) is 11.6 Å². The Kier molecular flexibility index (Phi) is 7.64. The summed E-state index contributed by atoms with van der Waals surface area (Å²) in [4.78, 5) is 0. The van der Waals surface area contributed by atoms with Gasteiger partial charge < -0.3 is 0 Å². The minimum absolute atomic E-state index is 0. The van der Waals surface area contributed by atoms with E-state index in [1.165, 1.54) is 14.7 Å². The molecule has 64 valence electrons. The van der Waals surface area contributed by atoms with Gasteiger partial charge in [0.15, 0.2) is 0 Å². The molecular weight excluding hydrogens is 248 g/mol. The Bertz CT molecular complexity index is 210. The Morgan fingerprint density at radius 2 is 1.83 bits per heavy atom. The summed E-state index contributed by atoms with van der Waals surface area (Å²) in [6, 6.07) is 8.29. The van der Waals surface area contributed by atoms with E-state index in [9.17, 15) is 0 Å². The molecule has 1 aromatic carbocycles. The monoisotopic (exact) mass is 258 g/mol. The summed E-state index contributed by atoms with van der Waals surface area (Å²) in [7, 11) is 0. The van der Waals surface area contributed by atoms with Crippen molar-refractivity contribution in [2.24, 2.45) is 0 Å². The van der Waals surface area contributed by atoms with Gasteiger partial charge in [-0.3, -0.25) is 0 Å². The summed E-state index contributed by atoms with van der Waals surface area (Å²) in [6.07, 6.45) is 1.31. The fraction of sp³-hybridized carbons (Fsp3) is 0.333. The zero-order valence-corrected chi connectivity index (χ0v) is 11.1. The molecule has 0 nitrogen and oxygen atoms in total. The average molecular weight is 260 g/mol. The van der Waals surface area contributed by atoms with Gasteiger partial charge in [-0.25, -0.2) is 0 Å². The highest BCUT2D eigenvalue weighted by Crippen LogP contribution is 2.03. The van der Waals surface area contributed by atoms with Crippen LogP contribution >= 0.6 is 28.6 Å². The van der Waals surface area contributed by atoms with Gasteiger partial charge in [0.2, 0.25) is 0 Å². The van der Waals surface area contributed by atoms with Crippen LogP contribution in [0.3, 0.4) is 0 Å². The molecule has 1 rings (SSSR count). The van der Waals surface area contributed by atoms with E-state index in [-0.39, 0.29) is 37.3 Å². The lowest BCUT2D eigenvalue weighted by Crippen LogP contribution is -2.11. The van der Waals surface area contributed by atoms with Crippen molar-refractivity contribution in [3.05, 3.63) is 29.3 Å². The molecule has 0 unspecified atom stereocenters. The molecule has 12 heavy (non-hydrogen) atoms. The largest absolute Gasteiger partial charge is 0.408 e. The maximum atomic E-state index is 5.76. The van der Waals surface area contributed by atoms with Crippen LogP contribution in [0.15, 0.2) is 24.3 Å². The average Bonchev–Trinajstić information content (AvgIpc) is 2.04. The maximum Gasteiger partial charge on any atom is 0.408 e. The van der Waals surface area contributed by atoms with Crippen LogP contribution in [0.4, 0.5) is 0 Å². The minimum Gasteiger partial charge on any atom is -0.174 e. The normalized spacial score (nSPS) is 8.50. The molecule has 0 atom stereocenters. The van der Waals surface area contributed by atoms with Gasteiger partial charge in [-0.2, -0.15) is 3.69 Å². The molecule has 0 amide bonds. The molecule has 3 heteroatoms. The second kappa shape index (κ2) is 7.19. The van der Waals surface area contributed by atoms with Crippen LogP contribution < -0.4 is 3.69 Å². The maximum absolute atomic E-state index is 5.76. The van der Waals surface area contributed by atoms with Crippen molar-refractivity contribution in [1.29, 1.82) is 0 Å². The van der Waals surface area contributed by atoms with Crippen molar-refractivity contribution < 1.29 is 0 Å². The van der Waals surface area contributed by atoms with Crippen molar-refractivity contribution in [1.82, 2.24) is 0 Å². The Labute approximate surface area is 99.2 Å². The summed E-state index contributed by atoms with van der Waals surface area (Å²) >= 11 is 5.78. The van der Waals surface area contributed by atoms with Crippen LogP contribution in [0.25, 0.3) is 0 Å². The molecule has 0 fully saturated rings. The Hall–Kier alpha value is 0.756. The molecule has 0 bridgehead atoms. The molecule has 0 aliphatic rings. The molecule has 0 aromatic heterocycles. The third-order valence-corrected chi connectivity index (χ3v) is 4.09. The van der Waals surface area contributed by atoms with Gasteiger partial charge in [0, 0.05) is 5.02 Å². The lowest BCUT2D eigenvalue weighted by Gasteiger charge is -1.96. The lowest BCUT2D eigenvalue weighted by molar-refractivity contribution is 1.08. The molecule has 0 saturated heterocycles. The minimum atomic E-state index is 0. The quantitative estimate of drug-likeness (QED) is 0.732. The summed E-state index contributed by atoms with van der Waals surface area (Å²) in [5.41, 5.74) is 0. The third kappa shape index (κ3) is 4.70. The molecule has 0 saturated carbocycles. The Balaban J connectivity index is 0.00000121. The van der Waals surface area contributed by atoms with Gasteiger partial charge in [-0.1, -0.05) is 37.1 Å². The lowest BCUT2D eigenvalue weighted by atomic mass is 10.4. The first-order valence-corrected chi connectivity index (χ1v) is 6.16.